The zero-order valence-corrected chi connectivity index (χ0v) is 8.16. The van der Waals surface area contributed by atoms with Gasteiger partial charge in [0.2, 0.25) is 0 Å². The molecule has 2 rings (SSSR count). The van der Waals surface area contributed by atoms with E-state index in [9.17, 15) is 4.39 Å². The van der Waals surface area contributed by atoms with E-state index in [1.165, 1.54) is 17.1 Å². The quantitative estimate of drug-likeness (QED) is 0.725. The van der Waals surface area contributed by atoms with Crippen LogP contribution in [0.4, 0.5) is 4.39 Å². The Morgan fingerprint density at radius 1 is 1.43 bits per heavy atom. The second kappa shape index (κ2) is 3.38. The van der Waals surface area contributed by atoms with Crippen LogP contribution in [0.2, 0.25) is 5.02 Å². The van der Waals surface area contributed by atoms with Gasteiger partial charge in [0.15, 0.2) is 5.82 Å². The molecule has 1 heterocycles. The van der Waals surface area contributed by atoms with E-state index in [-0.39, 0.29) is 5.56 Å². The summed E-state index contributed by atoms with van der Waals surface area (Å²) in [6.45, 7) is 0. The minimum Gasteiger partial charge on any atom is -0.255 e. The van der Waals surface area contributed by atoms with Crippen molar-refractivity contribution in [1.82, 2.24) is 14.8 Å². The topological polar surface area (TPSA) is 30.7 Å². The van der Waals surface area contributed by atoms with Gasteiger partial charge in [0.25, 0.3) is 0 Å². The van der Waals surface area contributed by atoms with E-state index in [1.54, 1.807) is 19.2 Å². The molecular formula is C9H7ClFN3. The zero-order valence-electron chi connectivity index (χ0n) is 7.41. The van der Waals surface area contributed by atoms with Crippen LogP contribution < -0.4 is 0 Å². The van der Waals surface area contributed by atoms with E-state index in [4.69, 9.17) is 11.6 Å². The van der Waals surface area contributed by atoms with Gasteiger partial charge in [0.1, 0.15) is 12.1 Å². The Morgan fingerprint density at radius 2 is 2.21 bits per heavy atom. The van der Waals surface area contributed by atoms with Crippen LogP contribution in [0.15, 0.2) is 24.5 Å². The fraction of sp³-hybridized carbons (Fsp3) is 0.111. The molecule has 1 aromatic carbocycles. The van der Waals surface area contributed by atoms with Gasteiger partial charge >= 0.3 is 0 Å². The van der Waals surface area contributed by atoms with Crippen LogP contribution in [0.1, 0.15) is 0 Å². The van der Waals surface area contributed by atoms with Crippen LogP contribution in [0, 0.1) is 5.82 Å². The number of nitrogens with zero attached hydrogens (tertiary/aromatic N) is 3. The maximum atomic E-state index is 13.4. The Labute approximate surface area is 85.1 Å². The molecule has 0 amide bonds. The fourth-order valence-electron chi connectivity index (χ4n) is 1.17. The molecule has 0 aliphatic rings. The van der Waals surface area contributed by atoms with Crippen molar-refractivity contribution < 1.29 is 4.39 Å². The van der Waals surface area contributed by atoms with Gasteiger partial charge in [-0.3, -0.25) is 4.68 Å². The Bertz CT molecular complexity index is 447. The summed E-state index contributed by atoms with van der Waals surface area (Å²) in [5.41, 5.74) is 0.245. The molecule has 0 unspecified atom stereocenters. The lowest BCUT2D eigenvalue weighted by Gasteiger charge is -1.99. The molecule has 0 atom stereocenters. The smallest absolute Gasteiger partial charge is 0.185 e. The minimum absolute atomic E-state index is 0.245. The van der Waals surface area contributed by atoms with Crippen molar-refractivity contribution in [2.45, 2.75) is 0 Å². The number of aryl methyl sites for hydroxylation is 1. The first-order valence-electron chi connectivity index (χ1n) is 3.98. The summed E-state index contributed by atoms with van der Waals surface area (Å²) in [6.07, 6.45) is 1.50. The first-order chi connectivity index (χ1) is 6.68. The molecule has 5 heteroatoms. The van der Waals surface area contributed by atoms with Crippen molar-refractivity contribution in [1.29, 1.82) is 0 Å². The largest absolute Gasteiger partial charge is 0.255 e. The summed E-state index contributed by atoms with van der Waals surface area (Å²) in [4.78, 5) is 3.94. The second-order valence-corrected chi connectivity index (χ2v) is 3.25. The molecule has 0 radical (unpaired) electrons. The van der Waals surface area contributed by atoms with Crippen LogP contribution in [0.5, 0.6) is 0 Å². The molecule has 3 nitrogen and oxygen atoms in total. The van der Waals surface area contributed by atoms with Gasteiger partial charge in [-0.15, -0.1) is 0 Å². The third-order valence-corrected chi connectivity index (χ3v) is 2.10. The Kier molecular flexibility index (Phi) is 2.21. The highest BCUT2D eigenvalue weighted by atomic mass is 35.5. The van der Waals surface area contributed by atoms with Gasteiger partial charge in [-0.1, -0.05) is 17.7 Å². The van der Waals surface area contributed by atoms with Crippen LogP contribution in [0.25, 0.3) is 11.4 Å². The Morgan fingerprint density at radius 3 is 2.79 bits per heavy atom. The van der Waals surface area contributed by atoms with E-state index in [1.807, 2.05) is 0 Å². The molecule has 0 bridgehead atoms. The maximum absolute atomic E-state index is 13.4. The highest BCUT2D eigenvalue weighted by molar-refractivity contribution is 6.33. The van der Waals surface area contributed by atoms with Crippen molar-refractivity contribution in [3.05, 3.63) is 35.4 Å². The van der Waals surface area contributed by atoms with E-state index < -0.39 is 5.82 Å². The average Bonchev–Trinajstić information content (AvgIpc) is 2.51. The van der Waals surface area contributed by atoms with Gasteiger partial charge in [-0.25, -0.2) is 9.37 Å². The molecule has 0 N–H and O–H groups in total. The van der Waals surface area contributed by atoms with Crippen molar-refractivity contribution >= 4 is 11.6 Å². The lowest BCUT2D eigenvalue weighted by Crippen LogP contribution is -1.91. The van der Waals surface area contributed by atoms with Crippen LogP contribution in [0.3, 0.4) is 0 Å². The molecule has 1 aromatic heterocycles. The van der Waals surface area contributed by atoms with Gasteiger partial charge in [-0.2, -0.15) is 5.10 Å². The van der Waals surface area contributed by atoms with Crippen molar-refractivity contribution in [2.24, 2.45) is 7.05 Å². The van der Waals surface area contributed by atoms with E-state index in [0.29, 0.717) is 10.8 Å². The normalized spacial score (nSPS) is 10.5. The van der Waals surface area contributed by atoms with Gasteiger partial charge < -0.3 is 0 Å². The number of aromatic nitrogens is 3. The minimum atomic E-state index is -0.413. The third-order valence-electron chi connectivity index (χ3n) is 1.79. The van der Waals surface area contributed by atoms with Crippen LogP contribution >= 0.6 is 11.6 Å². The molecule has 14 heavy (non-hydrogen) atoms. The van der Waals surface area contributed by atoms with Crippen molar-refractivity contribution in [3.8, 4) is 11.4 Å². The summed E-state index contributed by atoms with van der Waals surface area (Å²) in [6, 6.07) is 4.48. The lowest BCUT2D eigenvalue weighted by molar-refractivity contribution is 0.629. The van der Waals surface area contributed by atoms with Crippen LogP contribution in [-0.2, 0) is 7.05 Å². The second-order valence-electron chi connectivity index (χ2n) is 2.84. The predicted octanol–water partition coefficient (Wildman–Crippen LogP) is 2.27. The monoisotopic (exact) mass is 211 g/mol. The molecule has 0 saturated heterocycles. The number of halogens is 2. The molecule has 0 spiro atoms. The first-order valence-corrected chi connectivity index (χ1v) is 4.36. The first kappa shape index (κ1) is 9.15. The Hall–Kier alpha value is -1.42. The molecule has 0 saturated carbocycles. The number of hydrogen-bond donors (Lipinski definition) is 0. The summed E-state index contributed by atoms with van der Waals surface area (Å²) >= 11 is 5.84. The highest BCUT2D eigenvalue weighted by Crippen LogP contribution is 2.27. The maximum Gasteiger partial charge on any atom is 0.185 e. The predicted molar refractivity (Wildman–Crippen MR) is 51.4 cm³/mol. The van der Waals surface area contributed by atoms with Gasteiger partial charge in [-0.05, 0) is 12.1 Å². The summed E-state index contributed by atoms with van der Waals surface area (Å²) < 4.78 is 14.9. The molecular weight excluding hydrogens is 205 g/mol. The zero-order chi connectivity index (χ0) is 10.1. The standard InChI is InChI=1S/C9H7ClFN3/c1-14-5-12-9(13-14)8-6(10)3-2-4-7(8)11/h2-5H,1H3. The van der Waals surface area contributed by atoms with E-state index in [0.717, 1.165) is 0 Å². The molecule has 0 aliphatic heterocycles. The summed E-state index contributed by atoms with van der Waals surface area (Å²) in [5.74, 6) is -0.112. The van der Waals surface area contributed by atoms with Crippen LogP contribution in [-0.4, -0.2) is 14.8 Å². The fourth-order valence-corrected chi connectivity index (χ4v) is 1.41. The molecule has 2 aromatic rings. The lowest BCUT2D eigenvalue weighted by atomic mass is 10.2. The van der Waals surface area contributed by atoms with E-state index in [2.05, 4.69) is 10.1 Å². The van der Waals surface area contributed by atoms with Gasteiger partial charge in [0.05, 0.1) is 10.6 Å². The Balaban J connectivity index is 2.61. The number of benzene rings is 1. The van der Waals surface area contributed by atoms with Gasteiger partial charge in [0, 0.05) is 7.05 Å². The van der Waals surface area contributed by atoms with E-state index >= 15 is 0 Å². The highest BCUT2D eigenvalue weighted by Gasteiger charge is 2.12. The number of hydrogen-bond acceptors (Lipinski definition) is 2. The number of rotatable bonds is 1. The molecule has 0 aliphatic carbocycles. The van der Waals surface area contributed by atoms with Crippen molar-refractivity contribution in [2.75, 3.05) is 0 Å². The average molecular weight is 212 g/mol. The summed E-state index contributed by atoms with van der Waals surface area (Å²) in [5, 5.41) is 4.30. The summed E-state index contributed by atoms with van der Waals surface area (Å²) in [7, 11) is 1.71. The third kappa shape index (κ3) is 1.48. The SMILES string of the molecule is Cn1cnc(-c2c(F)cccc2Cl)n1. The van der Waals surface area contributed by atoms with Crippen molar-refractivity contribution in [3.63, 3.8) is 0 Å². The molecule has 0 fully saturated rings. The molecule has 72 valence electrons.